The van der Waals surface area contributed by atoms with E-state index >= 15 is 0 Å². The minimum Gasteiger partial charge on any atom is -0.493 e. The maximum atomic E-state index is 13.8. The van der Waals surface area contributed by atoms with Crippen LogP contribution in [0.3, 0.4) is 0 Å². The third-order valence-corrected chi connectivity index (χ3v) is 3.85. The van der Waals surface area contributed by atoms with E-state index < -0.39 is 11.7 Å². The number of methoxy groups -OCH3 is 1. The molecule has 0 bridgehead atoms. The number of unbranched alkanes of at least 4 members (excludes halogenated alkanes) is 1. The van der Waals surface area contributed by atoms with Gasteiger partial charge in [0.15, 0.2) is 11.5 Å². The van der Waals surface area contributed by atoms with Gasteiger partial charge in [-0.05, 0) is 42.8 Å². The summed E-state index contributed by atoms with van der Waals surface area (Å²) >= 11 is 3.18. The second-order valence-corrected chi connectivity index (χ2v) is 6.06. The Bertz CT molecular complexity index is 721. The maximum Gasteiger partial charge on any atom is 0.255 e. The Morgan fingerprint density at radius 2 is 2.00 bits per heavy atom. The lowest BCUT2D eigenvalue weighted by atomic mass is 10.1. The minimum absolute atomic E-state index is 0.116. The summed E-state index contributed by atoms with van der Waals surface area (Å²) in [5, 5.41) is 2.55. The number of carbonyl (C=O) groups is 1. The van der Waals surface area contributed by atoms with Gasteiger partial charge in [-0.15, -0.1) is 0 Å². The van der Waals surface area contributed by atoms with Crippen molar-refractivity contribution in [2.45, 2.75) is 19.8 Å². The molecule has 1 amide bonds. The van der Waals surface area contributed by atoms with Crippen molar-refractivity contribution in [2.75, 3.05) is 19.0 Å². The average Bonchev–Trinajstić information content (AvgIpc) is 2.57. The molecule has 2 aromatic carbocycles. The first kappa shape index (κ1) is 18.3. The highest BCUT2D eigenvalue weighted by Crippen LogP contribution is 2.29. The summed E-state index contributed by atoms with van der Waals surface area (Å²) in [4.78, 5) is 12.3. The Kier molecular flexibility index (Phi) is 6.61. The van der Waals surface area contributed by atoms with Gasteiger partial charge in [-0.1, -0.05) is 29.3 Å². The van der Waals surface area contributed by atoms with Crippen LogP contribution in [0, 0.1) is 5.82 Å². The van der Waals surface area contributed by atoms with Crippen molar-refractivity contribution in [3.05, 3.63) is 52.3 Å². The number of hydrogen-bond acceptors (Lipinski definition) is 3. The molecule has 1 N–H and O–H groups in total. The van der Waals surface area contributed by atoms with Gasteiger partial charge in [-0.3, -0.25) is 4.79 Å². The average molecular weight is 396 g/mol. The number of benzene rings is 2. The second kappa shape index (κ2) is 8.68. The molecule has 0 spiro atoms. The Morgan fingerprint density at radius 1 is 1.21 bits per heavy atom. The normalized spacial score (nSPS) is 10.3. The molecule has 0 saturated heterocycles. The molecule has 4 nitrogen and oxygen atoms in total. The molecule has 0 aliphatic carbocycles. The van der Waals surface area contributed by atoms with E-state index in [-0.39, 0.29) is 5.69 Å². The van der Waals surface area contributed by atoms with E-state index in [1.807, 2.05) is 0 Å². The number of ether oxygens (including phenoxy) is 2. The molecule has 24 heavy (non-hydrogen) atoms. The lowest BCUT2D eigenvalue weighted by Gasteiger charge is -2.12. The van der Waals surface area contributed by atoms with Crippen LogP contribution in [0.25, 0.3) is 0 Å². The lowest BCUT2D eigenvalue weighted by molar-refractivity contribution is 0.102. The summed E-state index contributed by atoms with van der Waals surface area (Å²) in [7, 11) is 1.51. The quantitative estimate of drug-likeness (QED) is 0.668. The second-order valence-electron chi connectivity index (χ2n) is 5.15. The van der Waals surface area contributed by atoms with E-state index in [9.17, 15) is 9.18 Å². The number of carbonyl (C=O) groups excluding carboxylic acids is 1. The van der Waals surface area contributed by atoms with Crippen molar-refractivity contribution >= 4 is 27.5 Å². The highest BCUT2D eigenvalue weighted by molar-refractivity contribution is 9.10. The van der Waals surface area contributed by atoms with Crippen LogP contribution in [0.2, 0.25) is 0 Å². The Balaban J connectivity index is 2.14. The van der Waals surface area contributed by atoms with Crippen LogP contribution in [0.4, 0.5) is 10.1 Å². The molecule has 0 heterocycles. The predicted octanol–water partition coefficient (Wildman–Crippen LogP) is 5.03. The van der Waals surface area contributed by atoms with Gasteiger partial charge in [0.05, 0.1) is 19.4 Å². The lowest BCUT2D eigenvalue weighted by Crippen LogP contribution is -2.13. The molecule has 0 unspecified atom stereocenters. The summed E-state index contributed by atoms with van der Waals surface area (Å²) in [6.45, 7) is 2.66. The molecule has 0 aliphatic rings. The molecule has 0 atom stereocenters. The van der Waals surface area contributed by atoms with Gasteiger partial charge in [-0.25, -0.2) is 4.39 Å². The summed E-state index contributed by atoms with van der Waals surface area (Å²) < 4.78 is 25.3. The van der Waals surface area contributed by atoms with Crippen molar-refractivity contribution in [3.63, 3.8) is 0 Å². The minimum atomic E-state index is -0.510. The highest BCUT2D eigenvalue weighted by Gasteiger charge is 2.13. The zero-order chi connectivity index (χ0) is 17.5. The number of rotatable bonds is 7. The fourth-order valence-corrected chi connectivity index (χ4v) is 2.37. The van der Waals surface area contributed by atoms with Gasteiger partial charge in [0.25, 0.3) is 5.91 Å². The molecule has 6 heteroatoms. The Hall–Kier alpha value is -2.08. The van der Waals surface area contributed by atoms with Crippen LogP contribution < -0.4 is 14.8 Å². The summed E-state index contributed by atoms with van der Waals surface area (Å²) in [5.41, 5.74) is 0.474. The predicted molar refractivity (Wildman–Crippen MR) is 95.5 cm³/mol. The topological polar surface area (TPSA) is 47.6 Å². The molecule has 0 aliphatic heterocycles. The van der Waals surface area contributed by atoms with Gasteiger partial charge in [0, 0.05) is 10.0 Å². The molecule has 128 valence electrons. The van der Waals surface area contributed by atoms with Gasteiger partial charge in [-0.2, -0.15) is 0 Å². The maximum absolute atomic E-state index is 13.8. The Morgan fingerprint density at radius 3 is 2.67 bits per heavy atom. The van der Waals surface area contributed by atoms with E-state index in [1.165, 1.54) is 19.2 Å². The van der Waals surface area contributed by atoms with E-state index in [4.69, 9.17) is 9.47 Å². The molecule has 0 aromatic heterocycles. The molecule has 2 rings (SSSR count). The van der Waals surface area contributed by atoms with Crippen molar-refractivity contribution in [1.29, 1.82) is 0 Å². The highest BCUT2D eigenvalue weighted by atomic mass is 79.9. The largest absolute Gasteiger partial charge is 0.493 e. The summed E-state index contributed by atoms with van der Waals surface area (Å²) in [6, 6.07) is 9.33. The zero-order valence-corrected chi connectivity index (χ0v) is 15.2. The van der Waals surface area contributed by atoms with E-state index in [2.05, 4.69) is 28.2 Å². The number of anilines is 1. The van der Waals surface area contributed by atoms with Crippen molar-refractivity contribution in [3.8, 4) is 11.5 Å². The van der Waals surface area contributed by atoms with Crippen LogP contribution in [-0.2, 0) is 0 Å². The van der Waals surface area contributed by atoms with Gasteiger partial charge >= 0.3 is 0 Å². The third kappa shape index (κ3) is 4.71. The molecule has 0 fully saturated rings. The van der Waals surface area contributed by atoms with E-state index in [0.29, 0.717) is 28.1 Å². The van der Waals surface area contributed by atoms with Crippen LogP contribution >= 0.6 is 15.9 Å². The first-order valence-electron chi connectivity index (χ1n) is 7.62. The first-order valence-corrected chi connectivity index (χ1v) is 8.41. The molecule has 0 radical (unpaired) electrons. The SMILES string of the molecule is CCCCOc1ccc(C(=O)Nc2ccc(Br)cc2F)cc1OC. The van der Waals surface area contributed by atoms with Gasteiger partial charge in [0.2, 0.25) is 0 Å². The fourth-order valence-electron chi connectivity index (χ4n) is 2.04. The molecule has 0 saturated carbocycles. The third-order valence-electron chi connectivity index (χ3n) is 3.36. The van der Waals surface area contributed by atoms with Crippen molar-refractivity contribution in [1.82, 2.24) is 0 Å². The fraction of sp³-hybridized carbons (Fsp3) is 0.278. The summed E-state index contributed by atoms with van der Waals surface area (Å²) in [6.07, 6.45) is 1.97. The Labute approximate surface area is 149 Å². The van der Waals surface area contributed by atoms with Crippen LogP contribution in [0.15, 0.2) is 40.9 Å². The smallest absolute Gasteiger partial charge is 0.255 e. The molecular weight excluding hydrogens is 377 g/mol. The number of amides is 1. The number of hydrogen-bond donors (Lipinski definition) is 1. The standard InChI is InChI=1S/C18H19BrFNO3/c1-3-4-9-24-16-8-5-12(10-17(16)23-2)18(22)21-15-7-6-13(19)11-14(15)20/h5-8,10-11H,3-4,9H2,1-2H3,(H,21,22). The van der Waals surface area contributed by atoms with Gasteiger partial charge in [0.1, 0.15) is 5.82 Å². The van der Waals surface area contributed by atoms with Crippen molar-refractivity contribution < 1.29 is 18.7 Å². The summed E-state index contributed by atoms with van der Waals surface area (Å²) in [5.74, 6) is 0.117. The molecule has 2 aromatic rings. The van der Waals surface area contributed by atoms with Gasteiger partial charge < -0.3 is 14.8 Å². The van der Waals surface area contributed by atoms with Crippen LogP contribution in [0.5, 0.6) is 11.5 Å². The van der Waals surface area contributed by atoms with Crippen molar-refractivity contribution in [2.24, 2.45) is 0 Å². The van der Waals surface area contributed by atoms with Crippen LogP contribution in [-0.4, -0.2) is 19.6 Å². The molecular formula is C18H19BrFNO3. The number of halogens is 2. The monoisotopic (exact) mass is 395 g/mol. The van der Waals surface area contributed by atoms with E-state index in [0.717, 1.165) is 12.8 Å². The number of nitrogens with one attached hydrogen (secondary N) is 1. The zero-order valence-electron chi connectivity index (χ0n) is 13.6. The van der Waals surface area contributed by atoms with Crippen LogP contribution in [0.1, 0.15) is 30.1 Å². The van der Waals surface area contributed by atoms with E-state index in [1.54, 1.807) is 24.3 Å². The first-order chi connectivity index (χ1) is 11.5.